The Kier molecular flexibility index (Phi) is 6.86. The maximum Gasteiger partial charge on any atom is 0.228 e. The van der Waals surface area contributed by atoms with Crippen LogP contribution in [0, 0.1) is 6.92 Å². The standard InChI is InChI=1S/C26H30ClN7O/c1-18-22-9-4-19(16-24(22)31-34(18)11-10-32(2)3)23-17-25(28-21-7-5-20(27)6-8-21)30-26(29-23)33-12-14-35-15-13-33/h4-9,16-17H,10-15H2,1-3H3,(H,28,29,30). The van der Waals surface area contributed by atoms with Crippen molar-refractivity contribution in [1.82, 2.24) is 24.6 Å². The number of halogens is 1. The fraction of sp³-hybridized carbons (Fsp3) is 0.346. The van der Waals surface area contributed by atoms with Gasteiger partial charge in [0.2, 0.25) is 5.95 Å². The van der Waals surface area contributed by atoms with E-state index < -0.39 is 0 Å². The molecule has 3 heterocycles. The molecular weight excluding hydrogens is 462 g/mol. The van der Waals surface area contributed by atoms with Crippen LogP contribution in [-0.4, -0.2) is 71.6 Å². The minimum atomic E-state index is 0.670. The number of ether oxygens (including phenoxy) is 1. The molecule has 0 aliphatic carbocycles. The summed E-state index contributed by atoms with van der Waals surface area (Å²) < 4.78 is 7.61. The second-order valence-electron chi connectivity index (χ2n) is 9.01. The first-order valence-electron chi connectivity index (χ1n) is 11.8. The van der Waals surface area contributed by atoms with Crippen LogP contribution in [0.3, 0.4) is 0 Å². The summed E-state index contributed by atoms with van der Waals surface area (Å²) in [6.45, 7) is 6.78. The van der Waals surface area contributed by atoms with Gasteiger partial charge in [0.25, 0.3) is 0 Å². The first-order chi connectivity index (χ1) is 17.0. The number of benzene rings is 2. The highest BCUT2D eigenvalue weighted by molar-refractivity contribution is 6.30. The topological polar surface area (TPSA) is 71.3 Å². The fourth-order valence-corrected chi connectivity index (χ4v) is 4.29. The van der Waals surface area contributed by atoms with Crippen molar-refractivity contribution in [2.45, 2.75) is 13.5 Å². The predicted octanol–water partition coefficient (Wildman–Crippen LogP) is 4.60. The molecule has 0 bridgehead atoms. The molecule has 9 heteroatoms. The van der Waals surface area contributed by atoms with Crippen LogP contribution < -0.4 is 10.2 Å². The second kappa shape index (κ2) is 10.2. The van der Waals surface area contributed by atoms with E-state index in [2.05, 4.69) is 59.0 Å². The number of fused-ring (bicyclic) bond motifs is 1. The Labute approximate surface area is 210 Å². The molecule has 2 aromatic carbocycles. The normalized spacial score (nSPS) is 14.1. The molecule has 0 unspecified atom stereocenters. The number of rotatable bonds is 7. The van der Waals surface area contributed by atoms with Gasteiger partial charge in [-0.3, -0.25) is 4.68 Å². The second-order valence-corrected chi connectivity index (χ2v) is 9.45. The molecule has 0 saturated carbocycles. The van der Waals surface area contributed by atoms with Crippen molar-refractivity contribution in [2.75, 3.05) is 57.2 Å². The van der Waals surface area contributed by atoms with Crippen molar-refractivity contribution >= 4 is 40.0 Å². The first-order valence-corrected chi connectivity index (χ1v) is 12.2. The Hall–Kier alpha value is -3.20. The van der Waals surface area contributed by atoms with Crippen LogP contribution in [0.4, 0.5) is 17.5 Å². The molecule has 182 valence electrons. The molecule has 5 rings (SSSR count). The molecule has 4 aromatic rings. The van der Waals surface area contributed by atoms with Gasteiger partial charge >= 0.3 is 0 Å². The van der Waals surface area contributed by atoms with Crippen molar-refractivity contribution in [2.24, 2.45) is 0 Å². The van der Waals surface area contributed by atoms with Gasteiger partial charge in [-0.15, -0.1) is 0 Å². The van der Waals surface area contributed by atoms with Crippen LogP contribution in [0.15, 0.2) is 48.5 Å². The summed E-state index contributed by atoms with van der Waals surface area (Å²) in [6, 6.07) is 15.9. The van der Waals surface area contributed by atoms with E-state index >= 15 is 0 Å². The van der Waals surface area contributed by atoms with E-state index in [0.29, 0.717) is 24.2 Å². The first kappa shape index (κ1) is 23.5. The lowest BCUT2D eigenvalue weighted by Crippen LogP contribution is -2.37. The fourth-order valence-electron chi connectivity index (χ4n) is 4.17. The molecule has 0 atom stereocenters. The highest BCUT2D eigenvalue weighted by Gasteiger charge is 2.17. The lowest BCUT2D eigenvalue weighted by Gasteiger charge is -2.27. The quantitative estimate of drug-likeness (QED) is 0.405. The molecule has 1 aliphatic heterocycles. The van der Waals surface area contributed by atoms with Crippen molar-refractivity contribution in [3.63, 3.8) is 0 Å². The average Bonchev–Trinajstić information content (AvgIpc) is 3.19. The summed E-state index contributed by atoms with van der Waals surface area (Å²) in [5, 5.41) is 10.1. The zero-order valence-corrected chi connectivity index (χ0v) is 21.1. The number of aryl methyl sites for hydroxylation is 1. The number of anilines is 3. The molecule has 1 saturated heterocycles. The number of nitrogens with one attached hydrogen (secondary N) is 1. The van der Waals surface area contributed by atoms with Crippen LogP contribution in [0.2, 0.25) is 5.02 Å². The SMILES string of the molecule is Cc1c2ccc(-c3cc(Nc4ccc(Cl)cc4)nc(N4CCOCC4)n3)cc2nn1CCN(C)C. The molecule has 2 aromatic heterocycles. The smallest absolute Gasteiger partial charge is 0.228 e. The molecule has 8 nitrogen and oxygen atoms in total. The Morgan fingerprint density at radius 3 is 2.54 bits per heavy atom. The minimum absolute atomic E-state index is 0.670. The molecular formula is C26H30ClN7O. The monoisotopic (exact) mass is 491 g/mol. The third-order valence-corrected chi connectivity index (χ3v) is 6.43. The summed E-state index contributed by atoms with van der Waals surface area (Å²) in [5.41, 5.74) is 4.91. The van der Waals surface area contributed by atoms with Gasteiger partial charge in [0, 0.05) is 53.1 Å². The van der Waals surface area contributed by atoms with Gasteiger partial charge in [0.05, 0.1) is 31.0 Å². The lowest BCUT2D eigenvalue weighted by atomic mass is 10.1. The molecule has 1 N–H and O–H groups in total. The number of aromatic nitrogens is 4. The van der Waals surface area contributed by atoms with Gasteiger partial charge < -0.3 is 19.9 Å². The zero-order valence-electron chi connectivity index (χ0n) is 20.3. The van der Waals surface area contributed by atoms with E-state index in [1.54, 1.807) is 0 Å². The molecule has 0 amide bonds. The molecule has 0 radical (unpaired) electrons. The summed E-state index contributed by atoms with van der Waals surface area (Å²) in [7, 11) is 4.15. The van der Waals surface area contributed by atoms with E-state index in [9.17, 15) is 0 Å². The average molecular weight is 492 g/mol. The lowest BCUT2D eigenvalue weighted by molar-refractivity contribution is 0.122. The molecule has 35 heavy (non-hydrogen) atoms. The van der Waals surface area contributed by atoms with Gasteiger partial charge in [-0.05, 0) is 51.4 Å². The van der Waals surface area contributed by atoms with E-state index in [0.717, 1.165) is 59.8 Å². The van der Waals surface area contributed by atoms with Gasteiger partial charge in [0.1, 0.15) is 5.82 Å². The maximum atomic E-state index is 6.06. The summed E-state index contributed by atoms with van der Waals surface area (Å²) in [6.07, 6.45) is 0. The van der Waals surface area contributed by atoms with Crippen LogP contribution in [0.25, 0.3) is 22.2 Å². The van der Waals surface area contributed by atoms with Crippen molar-refractivity contribution < 1.29 is 4.74 Å². The van der Waals surface area contributed by atoms with E-state index in [1.165, 1.54) is 5.69 Å². The van der Waals surface area contributed by atoms with Crippen molar-refractivity contribution in [3.8, 4) is 11.3 Å². The molecule has 0 spiro atoms. The third-order valence-electron chi connectivity index (χ3n) is 6.18. The summed E-state index contributed by atoms with van der Waals surface area (Å²) in [4.78, 5) is 14.1. The number of nitrogens with zero attached hydrogens (tertiary/aromatic N) is 6. The van der Waals surface area contributed by atoms with Crippen molar-refractivity contribution in [1.29, 1.82) is 0 Å². The highest BCUT2D eigenvalue weighted by atomic mass is 35.5. The minimum Gasteiger partial charge on any atom is -0.378 e. The number of hydrogen-bond acceptors (Lipinski definition) is 7. The van der Waals surface area contributed by atoms with E-state index in [-0.39, 0.29) is 0 Å². The van der Waals surface area contributed by atoms with Crippen LogP contribution in [-0.2, 0) is 11.3 Å². The summed E-state index contributed by atoms with van der Waals surface area (Å²) >= 11 is 6.06. The Morgan fingerprint density at radius 1 is 1.03 bits per heavy atom. The van der Waals surface area contributed by atoms with Crippen molar-refractivity contribution in [3.05, 3.63) is 59.2 Å². The van der Waals surface area contributed by atoms with E-state index in [1.807, 2.05) is 30.3 Å². The number of hydrogen-bond donors (Lipinski definition) is 1. The van der Waals surface area contributed by atoms with Gasteiger partial charge in [-0.1, -0.05) is 23.7 Å². The Balaban J connectivity index is 1.52. The van der Waals surface area contributed by atoms with Crippen LogP contribution in [0.5, 0.6) is 0 Å². The van der Waals surface area contributed by atoms with Gasteiger partial charge in [-0.25, -0.2) is 4.98 Å². The predicted molar refractivity (Wildman–Crippen MR) is 142 cm³/mol. The third kappa shape index (κ3) is 5.40. The number of likely N-dealkylation sites (N-methyl/N-ethyl adjacent to an activating group) is 1. The molecule has 1 fully saturated rings. The van der Waals surface area contributed by atoms with Gasteiger partial charge in [0.15, 0.2) is 0 Å². The Morgan fingerprint density at radius 2 is 1.80 bits per heavy atom. The number of morpholine rings is 1. The van der Waals surface area contributed by atoms with Crippen LogP contribution >= 0.6 is 11.6 Å². The largest absolute Gasteiger partial charge is 0.378 e. The van der Waals surface area contributed by atoms with E-state index in [4.69, 9.17) is 31.4 Å². The molecule has 1 aliphatic rings. The zero-order chi connectivity index (χ0) is 24.4. The maximum absolute atomic E-state index is 6.06. The summed E-state index contributed by atoms with van der Waals surface area (Å²) in [5.74, 6) is 1.42. The van der Waals surface area contributed by atoms with Gasteiger partial charge in [-0.2, -0.15) is 10.1 Å². The highest BCUT2D eigenvalue weighted by Crippen LogP contribution is 2.29. The Bertz CT molecular complexity index is 1310. The van der Waals surface area contributed by atoms with Crippen LogP contribution in [0.1, 0.15) is 5.69 Å².